The van der Waals surface area contributed by atoms with Gasteiger partial charge < -0.3 is 10.6 Å². The third kappa shape index (κ3) is 4.77. The molecule has 0 saturated heterocycles. The fraction of sp³-hybridized carbons (Fsp3) is 0.462. The molecule has 0 aliphatic carbocycles. The second-order valence-electron chi connectivity index (χ2n) is 4.21. The van der Waals surface area contributed by atoms with Crippen LogP contribution in [-0.4, -0.2) is 18.5 Å². The van der Waals surface area contributed by atoms with Gasteiger partial charge in [-0.1, -0.05) is 13.0 Å². The molecule has 0 saturated carbocycles. The van der Waals surface area contributed by atoms with Gasteiger partial charge in [-0.15, -0.1) is 0 Å². The normalized spacial score (nSPS) is 12.0. The molecule has 1 aromatic carbocycles. The molecule has 1 amide bonds. The van der Waals surface area contributed by atoms with E-state index in [1.165, 1.54) is 5.56 Å². The van der Waals surface area contributed by atoms with Gasteiger partial charge in [-0.05, 0) is 53.9 Å². The van der Waals surface area contributed by atoms with E-state index in [0.29, 0.717) is 6.54 Å². The molecule has 0 bridgehead atoms. The number of hydrogen-bond donors (Lipinski definition) is 2. The molecule has 4 heteroatoms. The minimum absolute atomic E-state index is 0.0202. The maximum Gasteiger partial charge on any atom is 0.239 e. The van der Waals surface area contributed by atoms with Crippen LogP contribution in [0.15, 0.2) is 22.7 Å². The fourth-order valence-electron chi connectivity index (χ4n) is 1.37. The predicted molar refractivity (Wildman–Crippen MR) is 75.3 cm³/mol. The molecule has 0 radical (unpaired) electrons. The van der Waals surface area contributed by atoms with Crippen molar-refractivity contribution in [3.63, 3.8) is 0 Å². The van der Waals surface area contributed by atoms with Gasteiger partial charge in [-0.2, -0.15) is 0 Å². The van der Waals surface area contributed by atoms with Crippen molar-refractivity contribution in [2.24, 2.45) is 0 Å². The molecule has 1 atom stereocenters. The summed E-state index contributed by atoms with van der Waals surface area (Å²) in [7, 11) is 0. The number of hydrogen-bond acceptors (Lipinski definition) is 2. The second-order valence-corrected chi connectivity index (χ2v) is 5.07. The van der Waals surface area contributed by atoms with Crippen molar-refractivity contribution >= 4 is 27.5 Å². The molecular formula is C13H19BrN2O. The van der Waals surface area contributed by atoms with Gasteiger partial charge in [0.2, 0.25) is 5.91 Å². The van der Waals surface area contributed by atoms with Crippen LogP contribution in [0, 0.1) is 6.92 Å². The summed E-state index contributed by atoms with van der Waals surface area (Å²) in [6.07, 6.45) is 0.944. The minimum Gasteiger partial charge on any atom is -0.375 e. The van der Waals surface area contributed by atoms with Crippen molar-refractivity contribution in [2.75, 3.05) is 11.9 Å². The molecule has 1 aromatic rings. The zero-order valence-electron chi connectivity index (χ0n) is 10.5. The number of anilines is 1. The molecule has 0 fully saturated rings. The van der Waals surface area contributed by atoms with Crippen LogP contribution in [0.1, 0.15) is 25.8 Å². The number of carbonyl (C=O) groups excluding carboxylic acids is 1. The maximum absolute atomic E-state index is 11.6. The van der Waals surface area contributed by atoms with E-state index in [0.717, 1.165) is 16.6 Å². The highest BCUT2D eigenvalue weighted by molar-refractivity contribution is 9.10. The van der Waals surface area contributed by atoms with Crippen LogP contribution < -0.4 is 10.6 Å². The number of rotatable bonds is 5. The van der Waals surface area contributed by atoms with Crippen molar-refractivity contribution in [2.45, 2.75) is 33.2 Å². The SMILES string of the molecule is CCC(C)NC(=O)CNc1ccc(C)cc1Br. The van der Waals surface area contributed by atoms with Crippen molar-refractivity contribution in [3.8, 4) is 0 Å². The lowest BCUT2D eigenvalue weighted by Crippen LogP contribution is -2.36. The lowest BCUT2D eigenvalue weighted by molar-refractivity contribution is -0.120. The first kappa shape index (κ1) is 14.0. The largest absolute Gasteiger partial charge is 0.375 e. The highest BCUT2D eigenvalue weighted by Crippen LogP contribution is 2.22. The Kier molecular flexibility index (Phi) is 5.48. The standard InChI is InChI=1S/C13H19BrN2O/c1-4-10(3)16-13(17)8-15-12-6-5-9(2)7-11(12)14/h5-7,10,15H,4,8H2,1-3H3,(H,16,17). The summed E-state index contributed by atoms with van der Waals surface area (Å²) in [5, 5.41) is 6.02. The summed E-state index contributed by atoms with van der Waals surface area (Å²) >= 11 is 3.47. The van der Waals surface area contributed by atoms with Crippen LogP contribution >= 0.6 is 15.9 Å². The third-order valence-corrected chi connectivity index (χ3v) is 3.24. The highest BCUT2D eigenvalue weighted by Gasteiger charge is 2.06. The first-order valence-electron chi connectivity index (χ1n) is 5.82. The van der Waals surface area contributed by atoms with Crippen molar-refractivity contribution in [1.29, 1.82) is 0 Å². The topological polar surface area (TPSA) is 41.1 Å². The number of carbonyl (C=O) groups is 1. The first-order valence-corrected chi connectivity index (χ1v) is 6.61. The molecule has 2 N–H and O–H groups in total. The van der Waals surface area contributed by atoms with Crippen LogP contribution in [0.5, 0.6) is 0 Å². The average molecular weight is 299 g/mol. The van der Waals surface area contributed by atoms with Crippen LogP contribution in [0.4, 0.5) is 5.69 Å². The quantitative estimate of drug-likeness (QED) is 0.877. The average Bonchev–Trinajstić information content (AvgIpc) is 2.27. The Labute approximate surface area is 111 Å². The van der Waals surface area contributed by atoms with Gasteiger partial charge in [0.15, 0.2) is 0 Å². The molecule has 0 aliphatic heterocycles. The Morgan fingerprint density at radius 3 is 2.76 bits per heavy atom. The number of nitrogens with one attached hydrogen (secondary N) is 2. The number of aryl methyl sites for hydroxylation is 1. The smallest absolute Gasteiger partial charge is 0.239 e. The van der Waals surface area contributed by atoms with Gasteiger partial charge in [0.05, 0.1) is 6.54 Å². The number of amides is 1. The van der Waals surface area contributed by atoms with E-state index in [2.05, 4.69) is 33.5 Å². The molecule has 3 nitrogen and oxygen atoms in total. The Balaban J connectivity index is 2.47. The van der Waals surface area contributed by atoms with Gasteiger partial charge >= 0.3 is 0 Å². The van der Waals surface area contributed by atoms with Crippen LogP contribution in [-0.2, 0) is 4.79 Å². The van der Waals surface area contributed by atoms with Crippen molar-refractivity contribution < 1.29 is 4.79 Å². The van der Waals surface area contributed by atoms with E-state index < -0.39 is 0 Å². The summed E-state index contributed by atoms with van der Waals surface area (Å²) in [5.74, 6) is 0.0202. The van der Waals surface area contributed by atoms with E-state index in [1.54, 1.807) is 0 Å². The zero-order chi connectivity index (χ0) is 12.8. The zero-order valence-corrected chi connectivity index (χ0v) is 12.1. The summed E-state index contributed by atoms with van der Waals surface area (Å²) in [6.45, 7) is 6.38. The summed E-state index contributed by atoms with van der Waals surface area (Å²) in [4.78, 5) is 11.6. The van der Waals surface area contributed by atoms with Crippen LogP contribution in [0.25, 0.3) is 0 Å². The Morgan fingerprint density at radius 2 is 2.18 bits per heavy atom. The first-order chi connectivity index (χ1) is 8.02. The second kappa shape index (κ2) is 6.64. The fourth-order valence-corrected chi connectivity index (χ4v) is 2.00. The van der Waals surface area contributed by atoms with Gasteiger partial charge in [0.1, 0.15) is 0 Å². The summed E-state index contributed by atoms with van der Waals surface area (Å²) < 4.78 is 0.980. The van der Waals surface area contributed by atoms with Gasteiger partial charge in [0.25, 0.3) is 0 Å². The minimum atomic E-state index is 0.0202. The Hall–Kier alpha value is -1.03. The highest BCUT2D eigenvalue weighted by atomic mass is 79.9. The lowest BCUT2D eigenvalue weighted by atomic mass is 10.2. The van der Waals surface area contributed by atoms with Crippen LogP contribution in [0.2, 0.25) is 0 Å². The molecular weight excluding hydrogens is 280 g/mol. The van der Waals surface area contributed by atoms with Crippen molar-refractivity contribution in [1.82, 2.24) is 5.32 Å². The molecule has 1 unspecified atom stereocenters. The number of halogens is 1. The molecule has 1 rings (SSSR count). The van der Waals surface area contributed by atoms with E-state index in [4.69, 9.17) is 0 Å². The van der Waals surface area contributed by atoms with Crippen molar-refractivity contribution in [3.05, 3.63) is 28.2 Å². The predicted octanol–water partition coefficient (Wildman–Crippen LogP) is 3.08. The molecule has 0 aliphatic rings. The van der Waals surface area contributed by atoms with E-state index in [1.807, 2.05) is 32.0 Å². The van der Waals surface area contributed by atoms with E-state index >= 15 is 0 Å². The summed E-state index contributed by atoms with van der Waals surface area (Å²) in [5.41, 5.74) is 2.13. The molecule has 0 heterocycles. The Bertz CT molecular complexity index is 393. The monoisotopic (exact) mass is 298 g/mol. The molecule has 0 aromatic heterocycles. The molecule has 94 valence electrons. The maximum atomic E-state index is 11.6. The van der Waals surface area contributed by atoms with E-state index in [9.17, 15) is 4.79 Å². The van der Waals surface area contributed by atoms with Gasteiger partial charge in [0, 0.05) is 16.2 Å². The Morgan fingerprint density at radius 1 is 1.47 bits per heavy atom. The molecule has 17 heavy (non-hydrogen) atoms. The third-order valence-electron chi connectivity index (χ3n) is 2.58. The number of benzene rings is 1. The lowest BCUT2D eigenvalue weighted by Gasteiger charge is -2.13. The van der Waals surface area contributed by atoms with E-state index in [-0.39, 0.29) is 11.9 Å². The van der Waals surface area contributed by atoms with Gasteiger partial charge in [-0.25, -0.2) is 0 Å². The van der Waals surface area contributed by atoms with Crippen LogP contribution in [0.3, 0.4) is 0 Å². The van der Waals surface area contributed by atoms with Gasteiger partial charge in [-0.3, -0.25) is 4.79 Å². The molecule has 0 spiro atoms. The summed E-state index contributed by atoms with van der Waals surface area (Å²) in [6, 6.07) is 6.23.